The van der Waals surface area contributed by atoms with Gasteiger partial charge in [-0.3, -0.25) is 4.79 Å². The highest BCUT2D eigenvalue weighted by Crippen LogP contribution is 2.29. The fraction of sp³-hybridized carbons (Fsp3) is 0.0385. The van der Waals surface area contributed by atoms with Crippen molar-refractivity contribution in [3.63, 3.8) is 0 Å². The number of hydrogen-bond donors (Lipinski definition) is 0. The molecule has 0 saturated heterocycles. The first-order valence-corrected chi connectivity index (χ1v) is 10.3. The van der Waals surface area contributed by atoms with Crippen molar-refractivity contribution in [1.29, 1.82) is 0 Å². The Bertz CT molecular complexity index is 1410. The van der Waals surface area contributed by atoms with E-state index in [2.05, 4.69) is 40.6 Å². The minimum absolute atomic E-state index is 0.158. The van der Waals surface area contributed by atoms with Gasteiger partial charge in [0.2, 0.25) is 5.78 Å². The molecule has 5 aromatic rings. The molecule has 31 heavy (non-hydrogen) atoms. The third-order valence-electron chi connectivity index (χ3n) is 5.36. The normalized spacial score (nSPS) is 11.5. The highest BCUT2D eigenvalue weighted by Gasteiger charge is 2.17. The summed E-state index contributed by atoms with van der Waals surface area (Å²) in [5.41, 5.74) is 2.76. The van der Waals surface area contributed by atoms with Gasteiger partial charge >= 0.3 is 0 Å². The van der Waals surface area contributed by atoms with Gasteiger partial charge < -0.3 is 0 Å². The van der Waals surface area contributed by atoms with E-state index in [0.29, 0.717) is 16.4 Å². The van der Waals surface area contributed by atoms with Crippen LogP contribution in [0.3, 0.4) is 0 Å². The van der Waals surface area contributed by atoms with Crippen LogP contribution in [0.2, 0.25) is 5.02 Å². The Morgan fingerprint density at radius 2 is 1.52 bits per heavy atom. The van der Waals surface area contributed by atoms with E-state index in [-0.39, 0.29) is 5.78 Å². The van der Waals surface area contributed by atoms with Crippen LogP contribution in [0.15, 0.2) is 84.9 Å². The molecule has 0 aliphatic heterocycles. The lowest BCUT2D eigenvalue weighted by Gasteiger charge is -2.08. The maximum Gasteiger partial charge on any atom is 0.206 e. The molecule has 5 rings (SSSR count). The van der Waals surface area contributed by atoms with Gasteiger partial charge in [-0.2, -0.15) is 0 Å². The van der Waals surface area contributed by atoms with Crippen LogP contribution >= 0.6 is 11.6 Å². The molecule has 0 N–H and O–H groups in total. The molecule has 150 valence electrons. The molecule has 0 amide bonds. The molecule has 4 aromatic carbocycles. The van der Waals surface area contributed by atoms with Crippen molar-refractivity contribution in [1.82, 2.24) is 15.0 Å². The summed E-state index contributed by atoms with van der Waals surface area (Å²) in [4.78, 5) is 13.2. The van der Waals surface area contributed by atoms with Gasteiger partial charge in [-0.1, -0.05) is 65.3 Å². The van der Waals surface area contributed by atoms with E-state index in [9.17, 15) is 4.79 Å². The van der Waals surface area contributed by atoms with E-state index in [1.807, 2.05) is 42.5 Å². The maximum absolute atomic E-state index is 13.2. The van der Waals surface area contributed by atoms with Gasteiger partial charge in [-0.05, 0) is 76.5 Å². The number of ketones is 1. The van der Waals surface area contributed by atoms with Crippen LogP contribution in [0.25, 0.3) is 33.3 Å². The third kappa shape index (κ3) is 3.51. The number of carbonyl (C=O) groups is 1. The number of fused-ring (bicyclic) bond motifs is 2. The van der Waals surface area contributed by atoms with Crippen molar-refractivity contribution in [2.45, 2.75) is 6.92 Å². The van der Waals surface area contributed by atoms with E-state index in [1.54, 1.807) is 29.8 Å². The first kappa shape index (κ1) is 19.2. The van der Waals surface area contributed by atoms with Crippen molar-refractivity contribution in [2.24, 2.45) is 0 Å². The van der Waals surface area contributed by atoms with Crippen molar-refractivity contribution >= 4 is 45.0 Å². The van der Waals surface area contributed by atoms with Crippen molar-refractivity contribution < 1.29 is 4.79 Å². The van der Waals surface area contributed by atoms with E-state index < -0.39 is 0 Å². The van der Waals surface area contributed by atoms with Gasteiger partial charge in [0.05, 0.1) is 11.4 Å². The Hall–Kier alpha value is -3.76. The third-order valence-corrected chi connectivity index (χ3v) is 5.61. The number of aromatic nitrogens is 3. The second-order valence-corrected chi connectivity index (χ2v) is 7.78. The van der Waals surface area contributed by atoms with Crippen LogP contribution in [0, 0.1) is 6.92 Å². The van der Waals surface area contributed by atoms with Gasteiger partial charge in [0.25, 0.3) is 0 Å². The smallest absolute Gasteiger partial charge is 0.206 e. The number of hydrogen-bond acceptors (Lipinski definition) is 3. The lowest BCUT2D eigenvalue weighted by Crippen LogP contribution is -2.08. The molecular formula is C26H18ClN3O. The van der Waals surface area contributed by atoms with Gasteiger partial charge in [-0.25, -0.2) is 4.68 Å². The van der Waals surface area contributed by atoms with E-state index in [0.717, 1.165) is 32.8 Å². The second-order valence-electron chi connectivity index (χ2n) is 7.34. The summed E-state index contributed by atoms with van der Waals surface area (Å²) in [5, 5.41) is 13.4. The van der Waals surface area contributed by atoms with Crippen LogP contribution in [0.1, 0.15) is 21.7 Å². The van der Waals surface area contributed by atoms with Gasteiger partial charge in [-0.15, -0.1) is 5.10 Å². The molecule has 1 heterocycles. The zero-order chi connectivity index (χ0) is 21.4. The summed E-state index contributed by atoms with van der Waals surface area (Å²) in [5.74, 6) is -0.158. The van der Waals surface area contributed by atoms with Crippen LogP contribution < -0.4 is 0 Å². The molecule has 0 fully saturated rings. The fourth-order valence-corrected chi connectivity index (χ4v) is 4.00. The Balaban J connectivity index is 1.61. The molecule has 5 heteroatoms. The monoisotopic (exact) mass is 423 g/mol. The van der Waals surface area contributed by atoms with E-state index in [4.69, 9.17) is 11.6 Å². The Labute approximate surface area is 184 Å². The maximum atomic E-state index is 13.2. The molecule has 0 aliphatic carbocycles. The van der Waals surface area contributed by atoms with Gasteiger partial charge in [0.15, 0.2) is 0 Å². The van der Waals surface area contributed by atoms with E-state index in [1.165, 1.54) is 0 Å². The van der Waals surface area contributed by atoms with Crippen molar-refractivity contribution in [3.05, 3.63) is 107 Å². The summed E-state index contributed by atoms with van der Waals surface area (Å²) < 4.78 is 1.56. The highest BCUT2D eigenvalue weighted by atomic mass is 35.5. The first-order chi connectivity index (χ1) is 15.1. The van der Waals surface area contributed by atoms with Crippen molar-refractivity contribution in [2.75, 3.05) is 0 Å². The molecule has 0 bridgehead atoms. The summed E-state index contributed by atoms with van der Waals surface area (Å²) >= 11 is 6.00. The predicted octanol–water partition coefficient (Wildman–Crippen LogP) is 6.43. The van der Waals surface area contributed by atoms with Gasteiger partial charge in [0, 0.05) is 5.02 Å². The molecule has 0 radical (unpaired) electrons. The fourth-order valence-electron chi connectivity index (χ4n) is 3.87. The lowest BCUT2D eigenvalue weighted by atomic mass is 9.96. The largest absolute Gasteiger partial charge is 0.287 e. The summed E-state index contributed by atoms with van der Waals surface area (Å²) in [6.07, 6.45) is 3.50. The average Bonchev–Trinajstić information content (AvgIpc) is 3.18. The molecule has 0 saturated carbocycles. The highest BCUT2D eigenvalue weighted by molar-refractivity contribution is 6.30. The lowest BCUT2D eigenvalue weighted by molar-refractivity contribution is 0.104. The number of carbonyl (C=O) groups excluding carboxylic acids is 1. The van der Waals surface area contributed by atoms with Crippen LogP contribution in [0.4, 0.5) is 0 Å². The van der Waals surface area contributed by atoms with Crippen LogP contribution in [-0.4, -0.2) is 20.8 Å². The second kappa shape index (κ2) is 7.82. The number of halogens is 1. The van der Waals surface area contributed by atoms with Gasteiger partial charge in [0.1, 0.15) is 5.69 Å². The number of rotatable bonds is 4. The molecule has 4 nitrogen and oxygen atoms in total. The molecule has 0 unspecified atom stereocenters. The quantitative estimate of drug-likeness (QED) is 0.190. The molecule has 0 spiro atoms. The topological polar surface area (TPSA) is 47.8 Å². The summed E-state index contributed by atoms with van der Waals surface area (Å²) in [6.45, 7) is 1.79. The zero-order valence-corrected chi connectivity index (χ0v) is 17.5. The minimum Gasteiger partial charge on any atom is -0.287 e. The number of nitrogens with zero attached hydrogens (tertiary/aromatic N) is 3. The van der Waals surface area contributed by atoms with Crippen molar-refractivity contribution in [3.8, 4) is 5.69 Å². The predicted molar refractivity (Wildman–Crippen MR) is 126 cm³/mol. The number of allylic oxidation sites excluding steroid dienone is 1. The Kier molecular flexibility index (Phi) is 4.85. The van der Waals surface area contributed by atoms with Crippen LogP contribution in [0.5, 0.6) is 0 Å². The Morgan fingerprint density at radius 3 is 2.16 bits per heavy atom. The number of benzene rings is 4. The van der Waals surface area contributed by atoms with Crippen LogP contribution in [-0.2, 0) is 0 Å². The standard InChI is InChI=1S/C26H18ClN3O/c1-17-26(30(29-28-17)21-12-10-20(27)11-13-21)25(31)15-14-24-22-8-4-2-6-18(22)16-19-7-3-5-9-23(19)24/h2-16H,1H3. The minimum atomic E-state index is -0.158. The summed E-state index contributed by atoms with van der Waals surface area (Å²) in [7, 11) is 0. The molecule has 0 aliphatic rings. The average molecular weight is 424 g/mol. The Morgan fingerprint density at radius 1 is 0.903 bits per heavy atom. The molecule has 1 aromatic heterocycles. The zero-order valence-electron chi connectivity index (χ0n) is 16.8. The first-order valence-electron chi connectivity index (χ1n) is 9.93. The number of aryl methyl sites for hydroxylation is 1. The molecule has 0 atom stereocenters. The molecular weight excluding hydrogens is 406 g/mol. The van der Waals surface area contributed by atoms with E-state index >= 15 is 0 Å². The summed E-state index contributed by atoms with van der Waals surface area (Å²) in [6, 6.07) is 25.7. The SMILES string of the molecule is Cc1nnn(-c2ccc(Cl)cc2)c1C(=O)C=Cc1c2ccccc2cc2ccccc12.